The van der Waals surface area contributed by atoms with Gasteiger partial charge in [0.15, 0.2) is 0 Å². The fourth-order valence-corrected chi connectivity index (χ4v) is 2.25. The highest BCUT2D eigenvalue weighted by Gasteiger charge is 2.22. The summed E-state index contributed by atoms with van der Waals surface area (Å²) in [5.74, 6) is -1.12. The zero-order valence-electron chi connectivity index (χ0n) is 15.6. The second-order valence-corrected chi connectivity index (χ2v) is 5.60. The van der Waals surface area contributed by atoms with E-state index in [2.05, 4.69) is 24.9 Å². The fraction of sp³-hybridized carbons (Fsp3) is 0.211. The fourth-order valence-electron chi connectivity index (χ4n) is 2.25. The van der Waals surface area contributed by atoms with Crippen molar-refractivity contribution in [2.75, 3.05) is 7.11 Å². The van der Waals surface area contributed by atoms with Crippen LogP contribution >= 0.6 is 0 Å². The topological polar surface area (TPSA) is 124 Å². The SMILES string of the molecule is COC(=O)C/C(=C\C=C1\C(=O)ON=C1C)c1c(C)[nH]oc1=O.c1ccncc1. The highest BCUT2D eigenvalue weighted by molar-refractivity contribution is 6.21. The number of rotatable bonds is 4. The van der Waals surface area contributed by atoms with Gasteiger partial charge in [0.25, 0.3) is 0 Å². The van der Waals surface area contributed by atoms with Crippen molar-refractivity contribution in [3.05, 3.63) is 70.0 Å². The Kier molecular flexibility index (Phi) is 7.21. The first-order valence-electron chi connectivity index (χ1n) is 8.21. The lowest BCUT2D eigenvalue weighted by Crippen LogP contribution is -2.08. The maximum atomic E-state index is 11.7. The molecule has 0 amide bonds. The van der Waals surface area contributed by atoms with Gasteiger partial charge < -0.3 is 14.1 Å². The number of H-pyrrole nitrogens is 1. The average molecular weight is 385 g/mol. The predicted molar refractivity (Wildman–Crippen MR) is 100 cm³/mol. The number of hydrogen-bond donors (Lipinski definition) is 1. The van der Waals surface area contributed by atoms with E-state index in [0.29, 0.717) is 17.0 Å². The number of nitrogens with zero attached hydrogens (tertiary/aromatic N) is 2. The van der Waals surface area contributed by atoms with Crippen molar-refractivity contribution in [3.63, 3.8) is 0 Å². The van der Waals surface area contributed by atoms with E-state index in [9.17, 15) is 14.4 Å². The number of oxime groups is 1. The van der Waals surface area contributed by atoms with E-state index in [4.69, 9.17) is 4.52 Å². The van der Waals surface area contributed by atoms with Crippen LogP contribution in [0.2, 0.25) is 0 Å². The van der Waals surface area contributed by atoms with E-state index in [0.717, 1.165) is 0 Å². The van der Waals surface area contributed by atoms with Crippen molar-refractivity contribution >= 4 is 23.2 Å². The van der Waals surface area contributed by atoms with Crippen molar-refractivity contribution in [2.24, 2.45) is 5.16 Å². The van der Waals surface area contributed by atoms with Gasteiger partial charge in [0.1, 0.15) is 0 Å². The third-order valence-electron chi connectivity index (χ3n) is 3.65. The van der Waals surface area contributed by atoms with Crippen molar-refractivity contribution in [1.29, 1.82) is 0 Å². The van der Waals surface area contributed by atoms with Crippen LogP contribution in [0.25, 0.3) is 5.57 Å². The molecule has 2 aromatic rings. The summed E-state index contributed by atoms with van der Waals surface area (Å²) in [4.78, 5) is 43.1. The summed E-state index contributed by atoms with van der Waals surface area (Å²) in [5, 5.41) is 5.98. The molecule has 3 heterocycles. The van der Waals surface area contributed by atoms with Crippen LogP contribution in [0.3, 0.4) is 0 Å². The minimum atomic E-state index is -0.606. The molecule has 0 atom stereocenters. The van der Waals surface area contributed by atoms with Gasteiger partial charge in [-0.15, -0.1) is 0 Å². The van der Waals surface area contributed by atoms with Crippen LogP contribution in [-0.4, -0.2) is 34.9 Å². The van der Waals surface area contributed by atoms with Crippen LogP contribution in [-0.2, 0) is 19.2 Å². The van der Waals surface area contributed by atoms with E-state index < -0.39 is 17.6 Å². The minimum absolute atomic E-state index is 0.144. The molecule has 0 unspecified atom stereocenters. The Hall–Kier alpha value is -3.75. The number of nitrogens with one attached hydrogen (secondary N) is 1. The first-order valence-corrected chi connectivity index (χ1v) is 8.21. The second kappa shape index (κ2) is 9.81. The summed E-state index contributed by atoms with van der Waals surface area (Å²) in [6.07, 6.45) is 6.28. The number of carbonyl (C=O) groups is 2. The van der Waals surface area contributed by atoms with Crippen molar-refractivity contribution in [2.45, 2.75) is 20.3 Å². The number of aryl methyl sites for hydroxylation is 1. The van der Waals surface area contributed by atoms with Gasteiger partial charge in [-0.2, -0.15) is 0 Å². The van der Waals surface area contributed by atoms with Gasteiger partial charge in [0, 0.05) is 12.4 Å². The maximum Gasteiger partial charge on any atom is 0.367 e. The highest BCUT2D eigenvalue weighted by Crippen LogP contribution is 2.20. The molecule has 1 aliphatic rings. The molecule has 0 saturated heterocycles. The van der Waals surface area contributed by atoms with E-state index in [1.807, 2.05) is 18.2 Å². The third-order valence-corrected chi connectivity index (χ3v) is 3.65. The Bertz CT molecular complexity index is 956. The van der Waals surface area contributed by atoms with E-state index in [1.54, 1.807) is 26.2 Å². The molecule has 28 heavy (non-hydrogen) atoms. The Morgan fingerprint density at radius 2 is 1.93 bits per heavy atom. The molecule has 3 rings (SSSR count). The molecule has 0 aliphatic carbocycles. The van der Waals surface area contributed by atoms with Crippen LogP contribution < -0.4 is 5.63 Å². The number of pyridine rings is 1. The summed E-state index contributed by atoms with van der Waals surface area (Å²) in [7, 11) is 1.25. The van der Waals surface area contributed by atoms with E-state index >= 15 is 0 Å². The molecule has 0 spiro atoms. The lowest BCUT2D eigenvalue weighted by Gasteiger charge is -2.03. The molecule has 9 nitrogen and oxygen atoms in total. The number of aromatic amines is 1. The molecule has 0 aromatic carbocycles. The van der Waals surface area contributed by atoms with Crippen LogP contribution in [0, 0.1) is 6.92 Å². The standard InChI is InChI=1S/C14H14N2O6.C5H5N/c1-7-10(13(18)21-15-7)5-4-9(6-11(17)20-3)12-8(2)16-22-14(12)19;1-2-4-6-5-3-1/h4-5,16H,6H2,1-3H3;1-5H/b9-4+,10-5+;. The molecular formula is C19H19N3O6. The Labute approximate surface area is 160 Å². The minimum Gasteiger partial charge on any atom is -0.469 e. The van der Waals surface area contributed by atoms with Crippen molar-refractivity contribution < 1.29 is 23.7 Å². The monoisotopic (exact) mass is 385 g/mol. The van der Waals surface area contributed by atoms with Gasteiger partial charge in [-0.25, -0.2) is 14.7 Å². The number of ether oxygens (including phenoxy) is 1. The molecule has 1 aliphatic heterocycles. The smallest absolute Gasteiger partial charge is 0.367 e. The molecule has 0 bridgehead atoms. The van der Waals surface area contributed by atoms with Crippen molar-refractivity contribution in [1.82, 2.24) is 10.1 Å². The lowest BCUT2D eigenvalue weighted by molar-refractivity contribution is -0.139. The number of methoxy groups -OCH3 is 1. The highest BCUT2D eigenvalue weighted by atomic mass is 16.7. The normalized spacial score (nSPS) is 14.8. The predicted octanol–water partition coefficient (Wildman–Crippen LogP) is 2.16. The first-order chi connectivity index (χ1) is 13.4. The van der Waals surface area contributed by atoms with Gasteiger partial charge >= 0.3 is 17.6 Å². The number of carbonyl (C=O) groups excluding carboxylic acids is 2. The van der Waals surface area contributed by atoms with Gasteiger partial charge in [-0.05, 0) is 37.6 Å². The molecule has 0 radical (unpaired) electrons. The number of aromatic nitrogens is 2. The van der Waals surface area contributed by atoms with Crippen molar-refractivity contribution in [3.8, 4) is 0 Å². The molecule has 2 aromatic heterocycles. The summed E-state index contributed by atoms with van der Waals surface area (Å²) in [6, 6.07) is 5.72. The number of allylic oxidation sites excluding steroid dienone is 2. The number of hydrogen-bond acceptors (Lipinski definition) is 8. The molecule has 0 saturated carbocycles. The molecule has 1 N–H and O–H groups in total. The zero-order chi connectivity index (χ0) is 20.5. The Morgan fingerprint density at radius 3 is 2.36 bits per heavy atom. The van der Waals surface area contributed by atoms with Gasteiger partial charge in [0.05, 0.1) is 36.1 Å². The second-order valence-electron chi connectivity index (χ2n) is 5.60. The molecule has 9 heteroatoms. The van der Waals surface area contributed by atoms with Gasteiger partial charge in [-0.3, -0.25) is 9.78 Å². The van der Waals surface area contributed by atoms with Gasteiger partial charge in [0.2, 0.25) is 0 Å². The quantitative estimate of drug-likeness (QED) is 0.486. The zero-order valence-corrected chi connectivity index (χ0v) is 15.6. The Balaban J connectivity index is 0.000000397. The van der Waals surface area contributed by atoms with Crippen LogP contribution in [0.1, 0.15) is 24.6 Å². The van der Waals surface area contributed by atoms with Gasteiger partial charge in [-0.1, -0.05) is 17.3 Å². The molecule has 146 valence electrons. The maximum absolute atomic E-state index is 11.7. The molecule has 0 fully saturated rings. The molecular weight excluding hydrogens is 366 g/mol. The van der Waals surface area contributed by atoms with E-state index in [-0.39, 0.29) is 17.6 Å². The third kappa shape index (κ3) is 5.37. The summed E-state index contributed by atoms with van der Waals surface area (Å²) >= 11 is 0. The van der Waals surface area contributed by atoms with Crippen LogP contribution in [0.15, 0.2) is 62.8 Å². The Morgan fingerprint density at radius 1 is 1.21 bits per heavy atom. The number of esters is 1. The average Bonchev–Trinajstić information content (AvgIpc) is 3.21. The lowest BCUT2D eigenvalue weighted by atomic mass is 10.0. The van der Waals surface area contributed by atoms with E-state index in [1.165, 1.54) is 19.3 Å². The summed E-state index contributed by atoms with van der Waals surface area (Å²) in [5.41, 5.74) is 1.11. The summed E-state index contributed by atoms with van der Waals surface area (Å²) in [6.45, 7) is 3.25. The first kappa shape index (κ1) is 20.6. The van der Waals surface area contributed by atoms with Crippen LogP contribution in [0.4, 0.5) is 0 Å². The summed E-state index contributed by atoms with van der Waals surface area (Å²) < 4.78 is 9.31. The van der Waals surface area contributed by atoms with Crippen LogP contribution in [0.5, 0.6) is 0 Å². The largest absolute Gasteiger partial charge is 0.469 e.